The topological polar surface area (TPSA) is 105 Å². The lowest BCUT2D eigenvalue weighted by molar-refractivity contribution is 0.356. The molecule has 7 nitrogen and oxygen atoms in total. The second-order valence-electron chi connectivity index (χ2n) is 9.06. The zero-order chi connectivity index (χ0) is 24.4. The highest BCUT2D eigenvalue weighted by Crippen LogP contribution is 2.28. The highest BCUT2D eigenvalue weighted by molar-refractivity contribution is 5.77. The van der Waals surface area contributed by atoms with E-state index in [-0.39, 0.29) is 12.6 Å². The molecule has 0 spiro atoms. The van der Waals surface area contributed by atoms with Gasteiger partial charge in [0.1, 0.15) is 0 Å². The summed E-state index contributed by atoms with van der Waals surface area (Å²) in [4.78, 5) is 12.6. The van der Waals surface area contributed by atoms with Gasteiger partial charge in [-0.1, -0.05) is 52.0 Å². The van der Waals surface area contributed by atoms with Crippen LogP contribution in [0.1, 0.15) is 62.9 Å². The molecule has 33 heavy (non-hydrogen) atoms. The van der Waals surface area contributed by atoms with Gasteiger partial charge in [0.25, 0.3) is 0 Å². The van der Waals surface area contributed by atoms with E-state index >= 15 is 0 Å². The van der Waals surface area contributed by atoms with Crippen LogP contribution < -0.4 is 16.9 Å². The van der Waals surface area contributed by atoms with Gasteiger partial charge < -0.3 is 10.7 Å². The van der Waals surface area contributed by atoms with Crippen molar-refractivity contribution in [2.75, 3.05) is 20.3 Å². The maximum absolute atomic E-state index is 14.1. The molecule has 5 N–H and O–H groups in total. The van der Waals surface area contributed by atoms with E-state index in [4.69, 9.17) is 16.6 Å². The number of pyridine rings is 1. The number of nitrogens with zero attached hydrogens (tertiary/aromatic N) is 4. The number of nitrogens with two attached hydrogens (primary N) is 2. The highest BCUT2D eigenvalue weighted by Gasteiger charge is 2.17. The average molecular weight is 458 g/mol. The molecule has 182 valence electrons. The van der Waals surface area contributed by atoms with E-state index in [0.717, 1.165) is 24.2 Å². The molecular formula is C25H40FN7. The Balaban J connectivity index is 2.05. The van der Waals surface area contributed by atoms with E-state index in [1.807, 2.05) is 26.8 Å². The Morgan fingerprint density at radius 2 is 2.03 bits per heavy atom. The fraction of sp³-hybridized carbons (Fsp3) is 0.560. The van der Waals surface area contributed by atoms with Crippen LogP contribution in [-0.4, -0.2) is 43.2 Å². The number of hydrogen-bond donors (Lipinski definition) is 3. The molecular weight excluding hydrogens is 417 g/mol. The number of rotatable bonds is 11. The van der Waals surface area contributed by atoms with Crippen LogP contribution >= 0.6 is 0 Å². The van der Waals surface area contributed by atoms with Gasteiger partial charge in [-0.25, -0.2) is 10.2 Å². The zero-order valence-electron chi connectivity index (χ0n) is 20.6. The molecule has 0 atom stereocenters. The number of hydrazine groups is 1. The monoisotopic (exact) mass is 457 g/mol. The van der Waals surface area contributed by atoms with Crippen molar-refractivity contribution >= 4 is 18.6 Å². The van der Waals surface area contributed by atoms with Crippen LogP contribution in [0.15, 0.2) is 39.3 Å². The van der Waals surface area contributed by atoms with Gasteiger partial charge in [0.15, 0.2) is 5.83 Å². The van der Waals surface area contributed by atoms with Crippen molar-refractivity contribution in [3.8, 4) is 0 Å². The summed E-state index contributed by atoms with van der Waals surface area (Å²) in [6, 6.07) is 4.11. The second kappa shape index (κ2) is 13.2. The van der Waals surface area contributed by atoms with Gasteiger partial charge in [-0.15, -0.1) is 0 Å². The molecule has 1 heterocycles. The summed E-state index contributed by atoms with van der Waals surface area (Å²) in [5.41, 5.74) is 10.9. The first kappa shape index (κ1) is 26.7. The lowest BCUT2D eigenvalue weighted by atomic mass is 9.84. The Hall–Kier alpha value is -2.58. The van der Waals surface area contributed by atoms with Gasteiger partial charge in [-0.2, -0.15) is 0 Å². The number of hydrogen-bond acceptors (Lipinski definition) is 7. The van der Waals surface area contributed by atoms with Gasteiger partial charge in [-0.3, -0.25) is 20.3 Å². The van der Waals surface area contributed by atoms with Crippen LogP contribution in [0.25, 0.3) is 5.70 Å². The lowest BCUT2D eigenvalue weighted by Gasteiger charge is -2.23. The minimum absolute atomic E-state index is 0.0628. The Kier molecular flexibility index (Phi) is 10.7. The quantitative estimate of drug-likeness (QED) is 0.201. The van der Waals surface area contributed by atoms with Gasteiger partial charge in [0.2, 0.25) is 0 Å². The maximum Gasteiger partial charge on any atom is 0.162 e. The Morgan fingerprint density at radius 1 is 1.33 bits per heavy atom. The lowest BCUT2D eigenvalue weighted by Crippen LogP contribution is -2.34. The van der Waals surface area contributed by atoms with Gasteiger partial charge in [0.05, 0.1) is 35.7 Å². The standard InChI is InChI=1S/C25H40FN7/c1-17(2)25(29-4)21(26)14-30-16-31-15-23(33(5)28)24(27)22-12-11-20(18(3)32-22)13-19-9-7-6-8-10-19/h11-12,14,17,19,31H,4,6-10,13,15-16,27-28H2,1-3,5H3/b24-23-,25-21+,30-14-. The third kappa shape index (κ3) is 8.05. The van der Waals surface area contributed by atoms with E-state index in [0.29, 0.717) is 29.3 Å². The summed E-state index contributed by atoms with van der Waals surface area (Å²) in [7, 11) is 1.73. The third-order valence-corrected chi connectivity index (χ3v) is 6.10. The van der Waals surface area contributed by atoms with Crippen LogP contribution in [-0.2, 0) is 6.42 Å². The molecule has 0 unspecified atom stereocenters. The van der Waals surface area contributed by atoms with Crippen LogP contribution in [0.3, 0.4) is 0 Å². The number of allylic oxidation sites excluding steroid dienone is 2. The highest BCUT2D eigenvalue weighted by atomic mass is 19.1. The Morgan fingerprint density at radius 3 is 2.61 bits per heavy atom. The molecule has 1 aromatic rings. The number of aromatic nitrogens is 1. The molecule has 0 radical (unpaired) electrons. The predicted octanol–water partition coefficient (Wildman–Crippen LogP) is 4.10. The molecule has 2 rings (SSSR count). The van der Waals surface area contributed by atoms with Crippen LogP contribution in [0.4, 0.5) is 4.39 Å². The predicted molar refractivity (Wildman–Crippen MR) is 136 cm³/mol. The van der Waals surface area contributed by atoms with Crippen molar-refractivity contribution < 1.29 is 4.39 Å². The fourth-order valence-corrected chi connectivity index (χ4v) is 4.18. The SMILES string of the molecule is C=N/C(=C(F)\C=N/CNC/C(=C(/N)c1ccc(CC2CCCCC2)c(C)n1)N(C)N)C(C)C. The largest absolute Gasteiger partial charge is 0.395 e. The zero-order valence-corrected chi connectivity index (χ0v) is 20.6. The number of likely N-dealkylation sites (N-methyl/N-ethyl adjacent to an activating group) is 1. The summed E-state index contributed by atoms with van der Waals surface area (Å²) < 4.78 is 14.1. The summed E-state index contributed by atoms with van der Waals surface area (Å²) in [5, 5.41) is 4.59. The molecule has 1 aliphatic carbocycles. The minimum Gasteiger partial charge on any atom is -0.395 e. The maximum atomic E-state index is 14.1. The normalized spacial score (nSPS) is 16.7. The van der Waals surface area contributed by atoms with Crippen molar-refractivity contribution in [2.45, 2.75) is 59.3 Å². The first-order chi connectivity index (χ1) is 15.7. The smallest absolute Gasteiger partial charge is 0.162 e. The molecule has 1 saturated carbocycles. The second-order valence-corrected chi connectivity index (χ2v) is 9.06. The Bertz CT molecular complexity index is 881. The molecule has 1 aliphatic rings. The summed E-state index contributed by atoms with van der Waals surface area (Å²) >= 11 is 0. The summed E-state index contributed by atoms with van der Waals surface area (Å²) in [6.07, 6.45) is 8.88. The van der Waals surface area contributed by atoms with Gasteiger partial charge in [-0.05, 0) is 43.5 Å². The Labute approximate surface area is 197 Å². The minimum atomic E-state index is -0.485. The number of aryl methyl sites for hydroxylation is 1. The molecule has 1 aromatic heterocycles. The van der Waals surface area contributed by atoms with E-state index in [9.17, 15) is 4.39 Å². The summed E-state index contributed by atoms with van der Waals surface area (Å²) in [5.74, 6) is 6.23. The third-order valence-electron chi connectivity index (χ3n) is 6.10. The molecule has 0 bridgehead atoms. The fourth-order valence-electron chi connectivity index (χ4n) is 4.18. The van der Waals surface area contributed by atoms with E-state index in [1.54, 1.807) is 7.05 Å². The molecule has 0 aliphatic heterocycles. The first-order valence-electron chi connectivity index (χ1n) is 11.7. The van der Waals surface area contributed by atoms with Crippen LogP contribution in [0.5, 0.6) is 0 Å². The molecule has 8 heteroatoms. The number of nitrogens with one attached hydrogen (secondary N) is 1. The van der Waals surface area contributed by atoms with Crippen molar-refractivity contribution in [3.63, 3.8) is 0 Å². The van der Waals surface area contributed by atoms with Crippen molar-refractivity contribution in [2.24, 2.45) is 33.4 Å². The average Bonchev–Trinajstić information content (AvgIpc) is 2.77. The van der Waals surface area contributed by atoms with Crippen molar-refractivity contribution in [1.29, 1.82) is 0 Å². The van der Waals surface area contributed by atoms with E-state index < -0.39 is 5.83 Å². The molecule has 1 fully saturated rings. The molecule has 0 amide bonds. The summed E-state index contributed by atoms with van der Waals surface area (Å²) in [6.45, 7) is 9.72. The van der Waals surface area contributed by atoms with Gasteiger partial charge in [0, 0.05) is 19.3 Å². The van der Waals surface area contributed by atoms with Crippen molar-refractivity contribution in [1.82, 2.24) is 15.3 Å². The van der Waals surface area contributed by atoms with Gasteiger partial charge >= 0.3 is 0 Å². The van der Waals surface area contributed by atoms with E-state index in [1.165, 1.54) is 42.7 Å². The number of aliphatic imine (C=N–C) groups is 2. The van der Waals surface area contributed by atoms with Crippen LogP contribution in [0, 0.1) is 18.8 Å². The first-order valence-corrected chi connectivity index (χ1v) is 11.7. The van der Waals surface area contributed by atoms with Crippen molar-refractivity contribution in [3.05, 3.63) is 46.3 Å². The molecule has 0 saturated heterocycles. The van der Waals surface area contributed by atoms with Crippen LogP contribution in [0.2, 0.25) is 0 Å². The number of halogens is 1. The van der Waals surface area contributed by atoms with E-state index in [2.05, 4.69) is 28.1 Å². The molecule has 0 aromatic carbocycles.